The summed E-state index contributed by atoms with van der Waals surface area (Å²) in [6.45, 7) is 0. The second-order valence-corrected chi connectivity index (χ2v) is 4.91. The maximum absolute atomic E-state index is 5.53. The highest BCUT2D eigenvalue weighted by Gasteiger charge is 2.13. The monoisotopic (exact) mass is 298 g/mol. The Morgan fingerprint density at radius 3 is 3.00 bits per heavy atom. The van der Waals surface area contributed by atoms with Gasteiger partial charge in [-0.25, -0.2) is 0 Å². The number of hydrogen-bond donors (Lipinski definition) is 2. The lowest BCUT2D eigenvalue weighted by Crippen LogP contribution is -2.29. The molecule has 0 amide bonds. The van der Waals surface area contributed by atoms with E-state index in [0.29, 0.717) is 0 Å². The van der Waals surface area contributed by atoms with Crippen LogP contribution < -0.4 is 11.3 Å². The number of hydrazine groups is 1. The number of aromatic nitrogens is 2. The topological polar surface area (TPSA) is 63.8 Å². The molecule has 0 fully saturated rings. The Kier molecular flexibility index (Phi) is 4.00. The summed E-state index contributed by atoms with van der Waals surface area (Å²) in [5.41, 5.74) is 4.84. The zero-order valence-electron chi connectivity index (χ0n) is 8.43. The van der Waals surface area contributed by atoms with E-state index in [-0.39, 0.29) is 6.04 Å². The van der Waals surface area contributed by atoms with Gasteiger partial charge >= 0.3 is 0 Å². The molecule has 2 rings (SSSR count). The Hall–Kier alpha value is -0.820. The van der Waals surface area contributed by atoms with E-state index < -0.39 is 0 Å². The average Bonchev–Trinajstić information content (AvgIpc) is 2.79. The molecule has 1 aromatic heterocycles. The Labute approximate surface area is 106 Å². The van der Waals surface area contributed by atoms with Gasteiger partial charge in [0, 0.05) is 9.85 Å². The molecule has 0 spiro atoms. The van der Waals surface area contributed by atoms with Crippen LogP contribution in [-0.4, -0.2) is 9.59 Å². The van der Waals surface area contributed by atoms with Gasteiger partial charge in [-0.05, 0) is 35.6 Å². The molecule has 1 atom stereocenters. The maximum Gasteiger partial charge on any atom is 0.0941 e. The molecule has 1 aromatic carbocycles. The second kappa shape index (κ2) is 5.49. The molecule has 1 unspecified atom stereocenters. The number of benzene rings is 1. The first-order valence-electron chi connectivity index (χ1n) is 4.77. The zero-order chi connectivity index (χ0) is 11.4. The van der Waals surface area contributed by atoms with Crippen molar-refractivity contribution in [3.63, 3.8) is 0 Å². The van der Waals surface area contributed by atoms with Crippen LogP contribution in [0.15, 0.2) is 34.1 Å². The Morgan fingerprint density at radius 2 is 2.38 bits per heavy atom. The first-order chi connectivity index (χ1) is 7.79. The van der Waals surface area contributed by atoms with Crippen LogP contribution in [0.1, 0.15) is 17.3 Å². The number of nitrogens with one attached hydrogen (secondary N) is 1. The van der Waals surface area contributed by atoms with Gasteiger partial charge in [-0.3, -0.25) is 11.3 Å². The van der Waals surface area contributed by atoms with Crippen LogP contribution in [0.3, 0.4) is 0 Å². The molecule has 3 N–H and O–H groups in total. The smallest absolute Gasteiger partial charge is 0.0941 e. The van der Waals surface area contributed by atoms with Gasteiger partial charge in [0.15, 0.2) is 0 Å². The van der Waals surface area contributed by atoms with Crippen LogP contribution in [0.4, 0.5) is 0 Å². The molecule has 4 nitrogen and oxygen atoms in total. The minimum absolute atomic E-state index is 0.00745. The number of hydrogen-bond acceptors (Lipinski definition) is 5. The highest BCUT2D eigenvalue weighted by atomic mass is 79.9. The average molecular weight is 299 g/mol. The lowest BCUT2D eigenvalue weighted by atomic mass is 10.0. The Morgan fingerprint density at radius 1 is 1.50 bits per heavy atom. The minimum atomic E-state index is 0.00745. The molecular weight excluding hydrogens is 288 g/mol. The third-order valence-electron chi connectivity index (χ3n) is 2.26. The first kappa shape index (κ1) is 11.7. The standard InChI is InChI=1S/C10H11BrN4S/c11-8-3-1-2-7(4-8)5-9(13-12)10-6-16-15-14-10/h1-4,6,9,13H,5,12H2. The van der Waals surface area contributed by atoms with Gasteiger partial charge in [-0.2, -0.15) is 0 Å². The molecule has 0 bridgehead atoms. The summed E-state index contributed by atoms with van der Waals surface area (Å²) in [6, 6.07) is 8.15. The molecule has 1 heterocycles. The highest BCUT2D eigenvalue weighted by Crippen LogP contribution is 2.19. The number of rotatable bonds is 4. The minimum Gasteiger partial charge on any atom is -0.271 e. The van der Waals surface area contributed by atoms with E-state index in [1.165, 1.54) is 17.1 Å². The Bertz CT molecular complexity index is 446. The van der Waals surface area contributed by atoms with E-state index in [4.69, 9.17) is 5.84 Å². The molecule has 0 aliphatic heterocycles. The highest BCUT2D eigenvalue weighted by molar-refractivity contribution is 9.10. The van der Waals surface area contributed by atoms with Crippen molar-refractivity contribution in [2.45, 2.75) is 12.5 Å². The van der Waals surface area contributed by atoms with E-state index in [1.807, 2.05) is 17.5 Å². The molecule has 0 saturated carbocycles. The molecule has 0 aliphatic carbocycles. The lowest BCUT2D eigenvalue weighted by molar-refractivity contribution is 0.537. The predicted octanol–water partition coefficient (Wildman–Crippen LogP) is 2.05. The molecule has 2 aromatic rings. The van der Waals surface area contributed by atoms with Crippen molar-refractivity contribution in [3.05, 3.63) is 45.4 Å². The quantitative estimate of drug-likeness (QED) is 0.670. The van der Waals surface area contributed by atoms with E-state index >= 15 is 0 Å². The third-order valence-corrected chi connectivity index (χ3v) is 3.28. The maximum atomic E-state index is 5.53. The zero-order valence-corrected chi connectivity index (χ0v) is 10.8. The van der Waals surface area contributed by atoms with Gasteiger partial charge < -0.3 is 0 Å². The second-order valence-electron chi connectivity index (χ2n) is 3.38. The fraction of sp³-hybridized carbons (Fsp3) is 0.200. The normalized spacial score (nSPS) is 12.6. The lowest BCUT2D eigenvalue weighted by Gasteiger charge is -2.12. The molecule has 16 heavy (non-hydrogen) atoms. The van der Waals surface area contributed by atoms with Crippen molar-refractivity contribution in [1.29, 1.82) is 0 Å². The van der Waals surface area contributed by atoms with Crippen LogP contribution >= 0.6 is 27.5 Å². The summed E-state index contributed by atoms with van der Waals surface area (Å²) in [5, 5.41) is 5.93. The van der Waals surface area contributed by atoms with Crippen LogP contribution in [0.5, 0.6) is 0 Å². The van der Waals surface area contributed by atoms with Gasteiger partial charge in [0.05, 0.1) is 11.7 Å². The van der Waals surface area contributed by atoms with Gasteiger partial charge in [0.2, 0.25) is 0 Å². The molecule has 0 aliphatic rings. The van der Waals surface area contributed by atoms with E-state index in [2.05, 4.69) is 43.1 Å². The number of halogens is 1. The van der Waals surface area contributed by atoms with Crippen LogP contribution in [0, 0.1) is 0 Å². The van der Waals surface area contributed by atoms with Crippen molar-refractivity contribution >= 4 is 27.5 Å². The summed E-state index contributed by atoms with van der Waals surface area (Å²) in [7, 11) is 0. The summed E-state index contributed by atoms with van der Waals surface area (Å²) in [6.07, 6.45) is 0.793. The van der Waals surface area contributed by atoms with Gasteiger partial charge in [0.25, 0.3) is 0 Å². The Balaban J connectivity index is 2.13. The van der Waals surface area contributed by atoms with Crippen LogP contribution in [-0.2, 0) is 6.42 Å². The van der Waals surface area contributed by atoms with Crippen molar-refractivity contribution in [3.8, 4) is 0 Å². The molecule has 6 heteroatoms. The predicted molar refractivity (Wildman–Crippen MR) is 67.8 cm³/mol. The van der Waals surface area contributed by atoms with Crippen molar-refractivity contribution in [2.75, 3.05) is 0 Å². The van der Waals surface area contributed by atoms with E-state index in [1.54, 1.807) is 0 Å². The SMILES string of the molecule is NNC(Cc1cccc(Br)c1)c1csnn1. The largest absolute Gasteiger partial charge is 0.271 e. The van der Waals surface area contributed by atoms with Gasteiger partial charge in [-0.15, -0.1) is 5.10 Å². The van der Waals surface area contributed by atoms with Gasteiger partial charge in [-0.1, -0.05) is 32.6 Å². The first-order valence-corrected chi connectivity index (χ1v) is 6.40. The third kappa shape index (κ3) is 2.85. The van der Waals surface area contributed by atoms with Gasteiger partial charge in [0.1, 0.15) is 0 Å². The number of nitrogens with zero attached hydrogens (tertiary/aromatic N) is 2. The molecular formula is C10H11BrN4S. The van der Waals surface area contributed by atoms with E-state index in [0.717, 1.165) is 16.6 Å². The summed E-state index contributed by atoms with van der Waals surface area (Å²) in [4.78, 5) is 0. The van der Waals surface area contributed by atoms with Crippen LogP contribution in [0.2, 0.25) is 0 Å². The fourth-order valence-electron chi connectivity index (χ4n) is 1.47. The summed E-state index contributed by atoms with van der Waals surface area (Å²) >= 11 is 4.78. The molecule has 84 valence electrons. The summed E-state index contributed by atoms with van der Waals surface area (Å²) < 4.78 is 4.90. The fourth-order valence-corrected chi connectivity index (χ4v) is 2.43. The van der Waals surface area contributed by atoms with Crippen LogP contribution in [0.25, 0.3) is 0 Å². The number of nitrogens with two attached hydrogens (primary N) is 1. The van der Waals surface area contributed by atoms with E-state index in [9.17, 15) is 0 Å². The van der Waals surface area contributed by atoms with Crippen molar-refractivity contribution in [1.82, 2.24) is 15.0 Å². The van der Waals surface area contributed by atoms with Crippen molar-refractivity contribution < 1.29 is 0 Å². The molecule has 0 saturated heterocycles. The summed E-state index contributed by atoms with van der Waals surface area (Å²) in [5.74, 6) is 5.53. The van der Waals surface area contributed by atoms with Crippen molar-refractivity contribution in [2.24, 2.45) is 5.84 Å². The molecule has 0 radical (unpaired) electrons.